The van der Waals surface area contributed by atoms with Gasteiger partial charge in [0.2, 0.25) is 5.01 Å². The Balaban J connectivity index is 1.42. The molecule has 1 N–H and O–H groups in total. The second kappa shape index (κ2) is 7.08. The maximum atomic E-state index is 12.4. The summed E-state index contributed by atoms with van der Waals surface area (Å²) in [6, 6.07) is 16.2. The summed E-state index contributed by atoms with van der Waals surface area (Å²) < 4.78 is 0. The summed E-state index contributed by atoms with van der Waals surface area (Å²) in [6.07, 6.45) is 0. The van der Waals surface area contributed by atoms with Crippen LogP contribution in [0.1, 0.15) is 41.1 Å². The van der Waals surface area contributed by atoms with Gasteiger partial charge in [-0.05, 0) is 17.7 Å². The number of hydrogen-bond donors (Lipinski definition) is 1. The predicted molar refractivity (Wildman–Crippen MR) is 98.2 cm³/mol. The van der Waals surface area contributed by atoms with Gasteiger partial charge in [0.25, 0.3) is 17.7 Å². The van der Waals surface area contributed by atoms with Gasteiger partial charge in [0, 0.05) is 6.54 Å². The maximum Gasteiger partial charge on any atom is 0.282 e. The molecule has 0 spiro atoms. The average molecular weight is 378 g/mol. The number of amides is 3. The first kappa shape index (κ1) is 17.0. The topological polar surface area (TPSA) is 92.3 Å². The molecule has 1 aliphatic heterocycles. The van der Waals surface area contributed by atoms with Crippen molar-refractivity contribution in [2.75, 3.05) is 0 Å². The Morgan fingerprint density at radius 3 is 2.22 bits per heavy atom. The number of carbonyl (C=O) groups excluding carboxylic acids is 3. The molecule has 0 fully saturated rings. The van der Waals surface area contributed by atoms with Crippen molar-refractivity contribution in [1.82, 2.24) is 20.4 Å². The van der Waals surface area contributed by atoms with E-state index in [0.717, 1.165) is 21.8 Å². The minimum Gasteiger partial charge on any atom is -0.346 e. The van der Waals surface area contributed by atoms with Crippen LogP contribution in [0.25, 0.3) is 0 Å². The summed E-state index contributed by atoms with van der Waals surface area (Å²) in [7, 11) is 0. The molecule has 3 aromatic rings. The normalized spacial score (nSPS) is 13.0. The summed E-state index contributed by atoms with van der Waals surface area (Å²) >= 11 is 1.07. The van der Waals surface area contributed by atoms with E-state index in [0.29, 0.717) is 22.7 Å². The molecule has 8 heteroatoms. The molecule has 1 aliphatic rings. The van der Waals surface area contributed by atoms with E-state index in [1.165, 1.54) is 0 Å². The van der Waals surface area contributed by atoms with Crippen LogP contribution in [-0.4, -0.2) is 32.8 Å². The Morgan fingerprint density at radius 2 is 1.56 bits per heavy atom. The Bertz CT molecular complexity index is 997. The van der Waals surface area contributed by atoms with Crippen LogP contribution in [0, 0.1) is 0 Å². The van der Waals surface area contributed by atoms with E-state index in [4.69, 9.17) is 0 Å². The van der Waals surface area contributed by atoms with Gasteiger partial charge in [0.1, 0.15) is 5.01 Å². The highest BCUT2D eigenvalue weighted by Crippen LogP contribution is 2.25. The molecule has 0 aliphatic carbocycles. The van der Waals surface area contributed by atoms with Crippen molar-refractivity contribution in [1.29, 1.82) is 0 Å². The smallest absolute Gasteiger partial charge is 0.282 e. The minimum atomic E-state index is -0.360. The largest absolute Gasteiger partial charge is 0.346 e. The first-order valence-corrected chi connectivity index (χ1v) is 9.05. The number of nitrogens with zero attached hydrogens (tertiary/aromatic N) is 3. The summed E-state index contributed by atoms with van der Waals surface area (Å²) in [6.45, 7) is 0.378. The molecule has 0 atom stereocenters. The lowest BCUT2D eigenvalue weighted by Gasteiger charge is -2.10. The lowest BCUT2D eigenvalue weighted by molar-refractivity contribution is 0.0641. The molecule has 0 radical (unpaired) electrons. The van der Waals surface area contributed by atoms with Crippen molar-refractivity contribution < 1.29 is 14.4 Å². The highest BCUT2D eigenvalue weighted by atomic mass is 32.1. The molecule has 0 saturated carbocycles. The number of nitrogens with one attached hydrogen (secondary N) is 1. The molecule has 0 saturated heterocycles. The number of benzene rings is 2. The van der Waals surface area contributed by atoms with Crippen molar-refractivity contribution in [3.05, 3.63) is 81.3 Å². The molecule has 0 unspecified atom stereocenters. The van der Waals surface area contributed by atoms with Gasteiger partial charge in [0.05, 0.1) is 17.7 Å². The van der Waals surface area contributed by atoms with E-state index in [9.17, 15) is 14.4 Å². The zero-order chi connectivity index (χ0) is 18.8. The van der Waals surface area contributed by atoms with E-state index < -0.39 is 0 Å². The Kier molecular flexibility index (Phi) is 4.47. The maximum absolute atomic E-state index is 12.4. The molecule has 2 heterocycles. The quantitative estimate of drug-likeness (QED) is 0.688. The second-order valence-electron chi connectivity index (χ2n) is 5.91. The fourth-order valence-corrected chi connectivity index (χ4v) is 3.53. The van der Waals surface area contributed by atoms with Crippen LogP contribution in [-0.2, 0) is 13.1 Å². The second-order valence-corrected chi connectivity index (χ2v) is 6.97. The first-order valence-electron chi connectivity index (χ1n) is 8.23. The van der Waals surface area contributed by atoms with Crippen molar-refractivity contribution in [3.63, 3.8) is 0 Å². The highest BCUT2D eigenvalue weighted by molar-refractivity contribution is 7.13. The molecule has 134 valence electrons. The van der Waals surface area contributed by atoms with Crippen molar-refractivity contribution in [3.8, 4) is 0 Å². The van der Waals surface area contributed by atoms with Gasteiger partial charge < -0.3 is 5.32 Å². The Morgan fingerprint density at radius 1 is 0.926 bits per heavy atom. The van der Waals surface area contributed by atoms with E-state index in [2.05, 4.69) is 15.5 Å². The first-order chi connectivity index (χ1) is 13.1. The lowest BCUT2D eigenvalue weighted by Crippen LogP contribution is -2.29. The van der Waals surface area contributed by atoms with Gasteiger partial charge in [-0.25, -0.2) is 0 Å². The number of hydrogen-bond acceptors (Lipinski definition) is 6. The van der Waals surface area contributed by atoms with Crippen LogP contribution in [0.3, 0.4) is 0 Å². The molecule has 4 rings (SSSR count). The number of fused-ring (bicyclic) bond motifs is 1. The standard InChI is InChI=1S/C19H14N4O3S/c24-16(20-10-12-6-2-1-3-7-12)17-22-21-15(27-17)11-23-18(25)13-8-4-5-9-14(13)19(23)26/h1-9H,10-11H2,(H,20,24). The fraction of sp³-hybridized carbons (Fsp3) is 0.105. The molecule has 27 heavy (non-hydrogen) atoms. The monoisotopic (exact) mass is 378 g/mol. The third-order valence-corrected chi connectivity index (χ3v) is 5.04. The number of imide groups is 1. The van der Waals surface area contributed by atoms with Gasteiger partial charge in [-0.2, -0.15) is 0 Å². The van der Waals surface area contributed by atoms with Gasteiger partial charge in [0.15, 0.2) is 0 Å². The molecular formula is C19H14N4O3S. The molecule has 1 aromatic heterocycles. The van der Waals surface area contributed by atoms with E-state index >= 15 is 0 Å². The van der Waals surface area contributed by atoms with Gasteiger partial charge >= 0.3 is 0 Å². The van der Waals surface area contributed by atoms with Crippen LogP contribution in [0.5, 0.6) is 0 Å². The zero-order valence-corrected chi connectivity index (χ0v) is 14.9. The van der Waals surface area contributed by atoms with Crippen molar-refractivity contribution >= 4 is 29.1 Å². The third-order valence-electron chi connectivity index (χ3n) is 4.13. The molecule has 7 nitrogen and oxygen atoms in total. The van der Waals surface area contributed by atoms with Gasteiger partial charge in [-0.1, -0.05) is 53.8 Å². The summed E-state index contributed by atoms with van der Waals surface area (Å²) in [5.74, 6) is -1.06. The van der Waals surface area contributed by atoms with Crippen LogP contribution < -0.4 is 5.32 Å². The van der Waals surface area contributed by atoms with Crippen molar-refractivity contribution in [2.24, 2.45) is 0 Å². The summed E-state index contributed by atoms with van der Waals surface area (Å²) in [5, 5.41) is 11.2. The summed E-state index contributed by atoms with van der Waals surface area (Å²) in [5.41, 5.74) is 1.74. The Labute approximate surface area is 158 Å². The number of carbonyl (C=O) groups is 3. The summed E-state index contributed by atoms with van der Waals surface area (Å²) in [4.78, 5) is 38.1. The van der Waals surface area contributed by atoms with E-state index in [-0.39, 0.29) is 29.3 Å². The SMILES string of the molecule is O=C(NCc1ccccc1)c1nnc(CN2C(=O)c3ccccc3C2=O)s1. The van der Waals surface area contributed by atoms with Crippen LogP contribution in [0.2, 0.25) is 0 Å². The minimum absolute atomic E-state index is 0.00399. The van der Waals surface area contributed by atoms with Crippen LogP contribution in [0.15, 0.2) is 54.6 Å². The number of aromatic nitrogens is 2. The predicted octanol–water partition coefficient (Wildman–Crippen LogP) is 2.26. The Hall–Kier alpha value is -3.39. The highest BCUT2D eigenvalue weighted by Gasteiger charge is 2.35. The lowest BCUT2D eigenvalue weighted by atomic mass is 10.1. The van der Waals surface area contributed by atoms with E-state index in [1.807, 2.05) is 30.3 Å². The number of rotatable bonds is 5. The van der Waals surface area contributed by atoms with Crippen LogP contribution in [0.4, 0.5) is 0 Å². The van der Waals surface area contributed by atoms with Crippen LogP contribution >= 0.6 is 11.3 Å². The zero-order valence-electron chi connectivity index (χ0n) is 14.1. The molecule has 3 amide bonds. The third kappa shape index (κ3) is 3.34. The fourth-order valence-electron chi connectivity index (χ4n) is 2.78. The molecule has 0 bridgehead atoms. The molecule has 2 aromatic carbocycles. The average Bonchev–Trinajstić information content (AvgIpc) is 3.27. The molecular weight excluding hydrogens is 364 g/mol. The van der Waals surface area contributed by atoms with Crippen molar-refractivity contribution in [2.45, 2.75) is 13.1 Å². The van der Waals surface area contributed by atoms with Gasteiger partial charge in [-0.3, -0.25) is 19.3 Å². The van der Waals surface area contributed by atoms with E-state index in [1.54, 1.807) is 24.3 Å². The van der Waals surface area contributed by atoms with Gasteiger partial charge in [-0.15, -0.1) is 10.2 Å².